The van der Waals surface area contributed by atoms with Crippen LogP contribution in [0.1, 0.15) is 6.42 Å². The summed E-state index contributed by atoms with van der Waals surface area (Å²) in [4.78, 5) is 20.1. The van der Waals surface area contributed by atoms with Gasteiger partial charge in [-0.1, -0.05) is 0 Å². The predicted molar refractivity (Wildman–Crippen MR) is 32.2 cm³/mol. The van der Waals surface area contributed by atoms with Gasteiger partial charge in [-0.2, -0.15) is 0 Å². The zero-order chi connectivity index (χ0) is 7.28. The number of amides is 2. The molecule has 0 bridgehead atoms. The Balaban J connectivity index is 3.10. The molecule has 9 heavy (non-hydrogen) atoms. The van der Waals surface area contributed by atoms with Gasteiger partial charge in [0.25, 0.3) is 0 Å². The Kier molecular flexibility index (Phi) is 3.43. The van der Waals surface area contributed by atoms with Crippen LogP contribution in [-0.4, -0.2) is 18.4 Å². The van der Waals surface area contributed by atoms with E-state index in [1.54, 1.807) is 0 Å². The molecular weight excluding hydrogens is 120 g/mol. The van der Waals surface area contributed by atoms with Crippen molar-refractivity contribution >= 4 is 11.8 Å². The molecule has 2 amide bonds. The molecule has 3 N–H and O–H groups in total. The SMILES string of the molecule is [CH2]C(=O)NCCC(N)=O. The van der Waals surface area contributed by atoms with Gasteiger partial charge in [0, 0.05) is 19.9 Å². The van der Waals surface area contributed by atoms with E-state index in [1.807, 2.05) is 0 Å². The van der Waals surface area contributed by atoms with Crippen molar-refractivity contribution in [3.05, 3.63) is 6.92 Å². The summed E-state index contributed by atoms with van der Waals surface area (Å²) in [6, 6.07) is 0. The summed E-state index contributed by atoms with van der Waals surface area (Å²) in [5.74, 6) is -0.819. The van der Waals surface area contributed by atoms with Gasteiger partial charge >= 0.3 is 0 Å². The van der Waals surface area contributed by atoms with Gasteiger partial charge in [-0.15, -0.1) is 0 Å². The highest BCUT2D eigenvalue weighted by atomic mass is 16.2. The second kappa shape index (κ2) is 3.88. The van der Waals surface area contributed by atoms with E-state index < -0.39 is 11.8 Å². The summed E-state index contributed by atoms with van der Waals surface area (Å²) in [6.45, 7) is 3.31. The molecule has 0 aromatic heterocycles. The van der Waals surface area contributed by atoms with Gasteiger partial charge in [-0.3, -0.25) is 9.59 Å². The molecule has 0 aliphatic heterocycles. The summed E-state index contributed by atoms with van der Waals surface area (Å²) < 4.78 is 0. The van der Waals surface area contributed by atoms with Crippen molar-refractivity contribution in [2.75, 3.05) is 6.54 Å². The number of carbonyl (C=O) groups is 2. The van der Waals surface area contributed by atoms with Crippen molar-refractivity contribution in [2.24, 2.45) is 5.73 Å². The highest BCUT2D eigenvalue weighted by Crippen LogP contribution is 1.70. The average Bonchev–Trinajstić information content (AvgIpc) is 1.63. The minimum Gasteiger partial charge on any atom is -0.370 e. The Morgan fingerprint density at radius 2 is 2.11 bits per heavy atom. The van der Waals surface area contributed by atoms with Gasteiger partial charge in [0.2, 0.25) is 11.8 Å². The van der Waals surface area contributed by atoms with Crippen molar-refractivity contribution in [3.63, 3.8) is 0 Å². The first-order chi connectivity index (χ1) is 4.13. The molecule has 0 aromatic rings. The lowest BCUT2D eigenvalue weighted by molar-refractivity contribution is -0.118. The summed E-state index contributed by atoms with van der Waals surface area (Å²) >= 11 is 0. The molecule has 0 aliphatic carbocycles. The normalized spacial score (nSPS) is 8.56. The average molecular weight is 129 g/mol. The second-order valence-corrected chi connectivity index (χ2v) is 1.57. The Hall–Kier alpha value is -1.06. The topological polar surface area (TPSA) is 72.2 Å². The van der Waals surface area contributed by atoms with Crippen LogP contribution in [0, 0.1) is 6.92 Å². The molecular formula is C5H9N2O2. The largest absolute Gasteiger partial charge is 0.370 e. The summed E-state index contributed by atoms with van der Waals surface area (Å²) in [7, 11) is 0. The molecule has 1 radical (unpaired) electrons. The van der Waals surface area contributed by atoms with E-state index in [0.717, 1.165) is 0 Å². The Morgan fingerprint density at radius 1 is 1.56 bits per heavy atom. The maximum absolute atomic E-state index is 10.1. The number of hydrogen-bond donors (Lipinski definition) is 2. The smallest absolute Gasteiger partial charge is 0.220 e. The number of nitrogens with one attached hydrogen (secondary N) is 1. The minimum absolute atomic E-state index is 0.168. The molecule has 0 unspecified atom stereocenters. The summed E-state index contributed by atoms with van der Waals surface area (Å²) in [5, 5.41) is 2.33. The van der Waals surface area contributed by atoms with E-state index in [4.69, 9.17) is 5.73 Å². The van der Waals surface area contributed by atoms with E-state index in [1.165, 1.54) is 0 Å². The van der Waals surface area contributed by atoms with E-state index in [9.17, 15) is 9.59 Å². The van der Waals surface area contributed by atoms with Crippen LogP contribution in [0.25, 0.3) is 0 Å². The molecule has 0 aliphatic rings. The zero-order valence-electron chi connectivity index (χ0n) is 5.02. The fraction of sp³-hybridized carbons (Fsp3) is 0.400. The van der Waals surface area contributed by atoms with Crippen LogP contribution in [0.15, 0.2) is 0 Å². The number of hydrogen-bond acceptors (Lipinski definition) is 2. The van der Waals surface area contributed by atoms with Crippen molar-refractivity contribution in [3.8, 4) is 0 Å². The van der Waals surface area contributed by atoms with Crippen LogP contribution in [0.4, 0.5) is 0 Å². The lowest BCUT2D eigenvalue weighted by atomic mass is 10.4. The molecule has 0 saturated carbocycles. The molecule has 0 rings (SSSR count). The molecule has 51 valence electrons. The molecule has 0 saturated heterocycles. The first-order valence-corrected chi connectivity index (χ1v) is 2.51. The van der Waals surface area contributed by atoms with Crippen LogP contribution in [-0.2, 0) is 9.59 Å². The second-order valence-electron chi connectivity index (χ2n) is 1.57. The molecule has 0 aromatic carbocycles. The molecule has 4 heteroatoms. The summed E-state index contributed by atoms with van der Waals surface area (Å²) in [5.41, 5.74) is 4.77. The fourth-order valence-corrected chi connectivity index (χ4v) is 0.325. The van der Waals surface area contributed by atoms with Gasteiger partial charge in [-0.25, -0.2) is 0 Å². The number of rotatable bonds is 3. The first kappa shape index (κ1) is 7.94. The molecule has 4 nitrogen and oxygen atoms in total. The monoisotopic (exact) mass is 129 g/mol. The first-order valence-electron chi connectivity index (χ1n) is 2.51. The summed E-state index contributed by atoms with van der Waals surface area (Å²) in [6.07, 6.45) is 0.168. The van der Waals surface area contributed by atoms with Gasteiger partial charge < -0.3 is 11.1 Å². The van der Waals surface area contributed by atoms with Crippen LogP contribution >= 0.6 is 0 Å². The maximum atomic E-state index is 10.1. The van der Waals surface area contributed by atoms with E-state index in [0.29, 0.717) is 0 Å². The third kappa shape index (κ3) is 6.94. The molecule has 0 fully saturated rings. The van der Waals surface area contributed by atoms with Gasteiger partial charge in [0.1, 0.15) is 0 Å². The van der Waals surface area contributed by atoms with E-state index in [2.05, 4.69) is 12.2 Å². The standard InChI is InChI=1S/C5H9N2O2/c1-4(8)7-3-2-5(6)9/h1-3H2,(H2,6,9)(H,7,8). The molecule has 0 atom stereocenters. The highest BCUT2D eigenvalue weighted by molar-refractivity contribution is 5.81. The Bertz CT molecular complexity index is 108. The third-order valence-electron chi connectivity index (χ3n) is 0.694. The predicted octanol–water partition coefficient (Wildman–Crippen LogP) is -1.19. The third-order valence-corrected chi connectivity index (χ3v) is 0.694. The molecule has 0 heterocycles. The maximum Gasteiger partial charge on any atom is 0.220 e. The number of primary amides is 1. The number of nitrogens with two attached hydrogens (primary N) is 1. The molecule has 0 spiro atoms. The van der Waals surface area contributed by atoms with Gasteiger partial charge in [-0.05, 0) is 0 Å². The van der Waals surface area contributed by atoms with Crippen LogP contribution in [0.3, 0.4) is 0 Å². The van der Waals surface area contributed by atoms with E-state index in [-0.39, 0.29) is 13.0 Å². The lowest BCUT2D eigenvalue weighted by Gasteiger charge is -1.95. The van der Waals surface area contributed by atoms with Crippen molar-refractivity contribution in [1.29, 1.82) is 0 Å². The fourth-order valence-electron chi connectivity index (χ4n) is 0.325. The van der Waals surface area contributed by atoms with Crippen molar-refractivity contribution in [2.45, 2.75) is 6.42 Å². The van der Waals surface area contributed by atoms with Crippen LogP contribution < -0.4 is 11.1 Å². The van der Waals surface area contributed by atoms with Crippen LogP contribution in [0.5, 0.6) is 0 Å². The lowest BCUT2D eigenvalue weighted by Crippen LogP contribution is -2.25. The van der Waals surface area contributed by atoms with Crippen molar-refractivity contribution in [1.82, 2.24) is 5.32 Å². The minimum atomic E-state index is -0.427. The Labute approximate surface area is 53.4 Å². The van der Waals surface area contributed by atoms with Crippen LogP contribution in [0.2, 0.25) is 0 Å². The van der Waals surface area contributed by atoms with Gasteiger partial charge in [0.15, 0.2) is 0 Å². The Morgan fingerprint density at radius 3 is 2.44 bits per heavy atom. The highest BCUT2D eigenvalue weighted by Gasteiger charge is 1.93. The van der Waals surface area contributed by atoms with E-state index >= 15 is 0 Å². The quantitative estimate of drug-likeness (QED) is 0.503. The van der Waals surface area contributed by atoms with Crippen molar-refractivity contribution < 1.29 is 9.59 Å². The number of carbonyl (C=O) groups excluding carboxylic acids is 2. The van der Waals surface area contributed by atoms with Gasteiger partial charge in [0.05, 0.1) is 0 Å². The zero-order valence-corrected chi connectivity index (χ0v) is 5.02.